The second-order valence-electron chi connectivity index (χ2n) is 10.8. The van der Waals surface area contributed by atoms with Crippen molar-refractivity contribution in [2.45, 2.75) is 43.5 Å². The number of nitrogens with zero attached hydrogens (tertiary/aromatic N) is 5. The van der Waals surface area contributed by atoms with Gasteiger partial charge in [-0.3, -0.25) is 19.1 Å². The molecule has 0 aliphatic carbocycles. The number of esters is 1. The van der Waals surface area contributed by atoms with Crippen LogP contribution >= 0.6 is 7.75 Å². The number of aromatic amines is 1. The van der Waals surface area contributed by atoms with Gasteiger partial charge in [0.05, 0.1) is 6.61 Å². The molecule has 5 N–H and O–H groups in total. The van der Waals surface area contributed by atoms with Crippen molar-refractivity contribution >= 4 is 24.5 Å². The van der Waals surface area contributed by atoms with E-state index in [1.807, 2.05) is 4.98 Å². The fourth-order valence-electron chi connectivity index (χ4n) is 5.26. The highest BCUT2D eigenvalue weighted by Crippen LogP contribution is 2.47. The fourth-order valence-corrected chi connectivity index (χ4v) is 5.99. The quantitative estimate of drug-likeness (QED) is 0.0334. The molecule has 18 nitrogen and oxygen atoms in total. The van der Waals surface area contributed by atoms with E-state index in [0.29, 0.717) is 10.9 Å². The van der Waals surface area contributed by atoms with Crippen molar-refractivity contribution in [1.82, 2.24) is 14.4 Å². The number of fused-ring (bicyclic) bond motifs is 1. The number of carbonyl (C=O) groups excluding carboxylic acids is 1. The Morgan fingerprint density at radius 2 is 1.84 bits per heavy atom. The summed E-state index contributed by atoms with van der Waals surface area (Å²) in [6, 6.07) is 17.2. The smallest absolute Gasteiger partial charge is 0.436 e. The summed E-state index contributed by atoms with van der Waals surface area (Å²) < 4.78 is 30.6. The van der Waals surface area contributed by atoms with Crippen molar-refractivity contribution in [2.75, 3.05) is 13.2 Å². The first-order valence-corrected chi connectivity index (χ1v) is 16.2. The molecular formula is C30H31N6O12P. The first-order chi connectivity index (χ1) is 23.4. The monoisotopic (exact) mass is 698 g/mol. The molecule has 1 saturated heterocycles. The Labute approximate surface area is 276 Å². The van der Waals surface area contributed by atoms with Crippen LogP contribution in [0.25, 0.3) is 21.2 Å². The van der Waals surface area contributed by atoms with E-state index in [0.717, 1.165) is 16.8 Å². The molecule has 1 aromatic heterocycles. The van der Waals surface area contributed by atoms with Crippen LogP contribution in [0.5, 0.6) is 11.5 Å². The van der Waals surface area contributed by atoms with Crippen LogP contribution in [-0.4, -0.2) is 77.5 Å². The number of aliphatic hydroxyl groups excluding tert-OH is 2. The van der Waals surface area contributed by atoms with E-state index in [2.05, 4.69) is 10.0 Å². The van der Waals surface area contributed by atoms with Crippen LogP contribution in [-0.2, 0) is 25.3 Å². The molecule has 49 heavy (non-hydrogen) atoms. The molecule has 0 saturated carbocycles. The predicted molar refractivity (Wildman–Crippen MR) is 170 cm³/mol. The Morgan fingerprint density at radius 1 is 1.12 bits per heavy atom. The van der Waals surface area contributed by atoms with Crippen molar-refractivity contribution in [3.63, 3.8) is 0 Å². The molecule has 4 aromatic rings. The average Bonchev–Trinajstić information content (AvgIpc) is 3.31. The molecule has 0 bridgehead atoms. The topological polar surface area (TPSA) is 259 Å². The van der Waals surface area contributed by atoms with Gasteiger partial charge in [-0.1, -0.05) is 65.8 Å². The average molecular weight is 699 g/mol. The lowest BCUT2D eigenvalue weighted by Crippen LogP contribution is -2.46. The zero-order chi connectivity index (χ0) is 35.3. The van der Waals surface area contributed by atoms with E-state index in [4.69, 9.17) is 19.0 Å². The SMILES string of the molecule is CCOC(=O)[C@H](Cc1ccccc1)N(Oc1c(OC[C@@]2(N=[N+]=[N-])O[C@@H](n3ccc(=O)[nH]c3=O)[C@H](O)[C@@H]2O)ccc2ccccc12)P(=O)(O)O. The number of rotatable bonds is 13. The van der Waals surface area contributed by atoms with E-state index in [-0.39, 0.29) is 34.7 Å². The summed E-state index contributed by atoms with van der Waals surface area (Å²) in [7, 11) is -5.41. The molecule has 19 heteroatoms. The lowest BCUT2D eigenvalue weighted by Gasteiger charge is -2.31. The van der Waals surface area contributed by atoms with Crippen LogP contribution in [0.2, 0.25) is 0 Å². The number of hydrogen-bond acceptors (Lipinski definition) is 11. The Hall–Kier alpha value is -5.03. The third-order valence-corrected chi connectivity index (χ3v) is 8.43. The molecule has 0 radical (unpaired) electrons. The highest BCUT2D eigenvalue weighted by atomic mass is 31.2. The third kappa shape index (κ3) is 7.51. The van der Waals surface area contributed by atoms with Crippen LogP contribution < -0.4 is 20.8 Å². The summed E-state index contributed by atoms with van der Waals surface area (Å²) in [5, 5.41) is 26.2. The number of carbonyl (C=O) groups is 1. The zero-order valence-electron chi connectivity index (χ0n) is 25.7. The number of nitrogens with one attached hydrogen (secondary N) is 1. The summed E-state index contributed by atoms with van der Waals surface area (Å²) in [6.07, 6.45) is -4.71. The van der Waals surface area contributed by atoms with Gasteiger partial charge in [-0.05, 0) is 34.3 Å². The number of benzene rings is 3. The van der Waals surface area contributed by atoms with E-state index < -0.39 is 61.8 Å². The Kier molecular flexibility index (Phi) is 10.5. The van der Waals surface area contributed by atoms with E-state index in [1.54, 1.807) is 60.7 Å². The largest absolute Gasteiger partial charge is 0.486 e. The molecular weight excluding hydrogens is 667 g/mol. The second kappa shape index (κ2) is 14.6. The molecule has 1 aliphatic rings. The molecule has 3 aromatic carbocycles. The van der Waals surface area contributed by atoms with Crippen LogP contribution in [0.1, 0.15) is 18.7 Å². The van der Waals surface area contributed by atoms with Gasteiger partial charge in [0.2, 0.25) is 5.72 Å². The molecule has 258 valence electrons. The van der Waals surface area contributed by atoms with E-state index >= 15 is 0 Å². The van der Waals surface area contributed by atoms with E-state index in [9.17, 15) is 44.5 Å². The maximum Gasteiger partial charge on any atom is 0.436 e. The molecule has 5 rings (SSSR count). The van der Waals surface area contributed by atoms with Crippen LogP contribution in [0.15, 0.2) is 93.7 Å². The van der Waals surface area contributed by atoms with Crippen LogP contribution in [0.4, 0.5) is 0 Å². The molecule has 0 amide bonds. The lowest BCUT2D eigenvalue weighted by atomic mass is 10.1. The number of aliphatic hydroxyl groups is 2. The van der Waals surface area contributed by atoms with Crippen molar-refractivity contribution in [3.8, 4) is 11.5 Å². The third-order valence-electron chi connectivity index (χ3n) is 7.56. The Bertz CT molecular complexity index is 2030. The number of H-pyrrole nitrogens is 1. The number of ether oxygens (including phenoxy) is 3. The standard InChI is InChI=1S/C30H31N6O12P/c1-2-45-28(40)21(16-18-8-4-3-5-9-18)36(49(42,43)44)48-25-20-11-7-6-10-19(20)12-13-22(25)46-17-30(33-34-31)26(39)24(38)27(47-30)35-15-14-23(37)32-29(35)41/h3-15,21,24,26-27,38-39H,2,16-17H2,1H3,(H,32,37,41)(H2,42,43,44)/t21-,24+,26-,27+,30+/m0/s1. The minimum atomic E-state index is -5.41. The number of azide groups is 1. The normalized spacial score (nSPS) is 21.2. The minimum Gasteiger partial charge on any atom is -0.486 e. The Morgan fingerprint density at radius 3 is 2.51 bits per heavy atom. The number of aromatic nitrogens is 2. The molecule has 0 unspecified atom stereocenters. The van der Waals surface area contributed by atoms with Gasteiger partial charge in [0.25, 0.3) is 5.56 Å². The number of hydrogen-bond donors (Lipinski definition) is 5. The highest BCUT2D eigenvalue weighted by Gasteiger charge is 2.56. The van der Waals surface area contributed by atoms with Crippen molar-refractivity contribution in [3.05, 3.63) is 116 Å². The minimum absolute atomic E-state index is 0.0936. The molecule has 2 heterocycles. The van der Waals surface area contributed by atoms with Gasteiger partial charge in [0.15, 0.2) is 23.8 Å². The fraction of sp³-hybridized carbons (Fsp3) is 0.300. The summed E-state index contributed by atoms with van der Waals surface area (Å²) >= 11 is 0. The van der Waals surface area contributed by atoms with Crippen molar-refractivity contribution < 1.29 is 48.4 Å². The molecule has 0 spiro atoms. The first-order valence-electron chi connectivity index (χ1n) is 14.7. The van der Waals surface area contributed by atoms with Crippen molar-refractivity contribution in [2.24, 2.45) is 5.11 Å². The summed E-state index contributed by atoms with van der Waals surface area (Å²) in [4.78, 5) is 69.0. The van der Waals surface area contributed by atoms with Crippen LogP contribution in [0.3, 0.4) is 0 Å². The first kappa shape index (κ1) is 35.3. The summed E-state index contributed by atoms with van der Waals surface area (Å²) in [5.74, 6) is -1.50. The summed E-state index contributed by atoms with van der Waals surface area (Å²) in [6.45, 7) is 0.605. The molecule has 5 atom stereocenters. The van der Waals surface area contributed by atoms with Crippen molar-refractivity contribution in [1.29, 1.82) is 0 Å². The van der Waals surface area contributed by atoms with Gasteiger partial charge in [0, 0.05) is 29.0 Å². The van der Waals surface area contributed by atoms with Gasteiger partial charge in [-0.2, -0.15) is 0 Å². The molecule has 1 fully saturated rings. The lowest BCUT2D eigenvalue weighted by molar-refractivity contribution is -0.157. The maximum atomic E-state index is 13.2. The predicted octanol–water partition coefficient (Wildman–Crippen LogP) is 1.89. The number of hydroxylamine groups is 1. The van der Waals surface area contributed by atoms with Gasteiger partial charge in [-0.25, -0.2) is 9.36 Å². The molecule has 1 aliphatic heterocycles. The zero-order valence-corrected chi connectivity index (χ0v) is 26.6. The van der Waals surface area contributed by atoms with Gasteiger partial charge >= 0.3 is 19.4 Å². The highest BCUT2D eigenvalue weighted by molar-refractivity contribution is 7.49. The summed E-state index contributed by atoms with van der Waals surface area (Å²) in [5.41, 5.74) is 5.81. The van der Waals surface area contributed by atoms with Gasteiger partial charge < -0.3 is 39.0 Å². The second-order valence-corrected chi connectivity index (χ2v) is 12.2. The van der Waals surface area contributed by atoms with E-state index in [1.165, 1.54) is 13.0 Å². The maximum absolute atomic E-state index is 13.2. The Balaban J connectivity index is 1.55. The van der Waals surface area contributed by atoms with Gasteiger partial charge in [-0.15, -0.1) is 0 Å². The van der Waals surface area contributed by atoms with Gasteiger partial charge in [0.1, 0.15) is 18.8 Å². The van der Waals surface area contributed by atoms with Crippen LogP contribution in [0, 0.1) is 0 Å².